The molecule has 2 heterocycles. The Kier molecular flexibility index (Phi) is 5.84. The van der Waals surface area contributed by atoms with Gasteiger partial charge in [0, 0.05) is 19.3 Å². The zero-order chi connectivity index (χ0) is 21.6. The highest BCUT2D eigenvalue weighted by molar-refractivity contribution is 5.76. The molecule has 4 nitrogen and oxygen atoms in total. The average molecular weight is 421 g/mol. The maximum absolute atomic E-state index is 4.73. The molecule has 0 aliphatic carbocycles. The van der Waals surface area contributed by atoms with E-state index < -0.39 is 5.54 Å². The minimum Gasteiger partial charge on any atom is -0.318 e. The van der Waals surface area contributed by atoms with E-state index in [1.54, 1.807) is 0 Å². The lowest BCUT2D eigenvalue weighted by atomic mass is 9.77. The summed E-state index contributed by atoms with van der Waals surface area (Å²) in [6.07, 6.45) is 9.67. The predicted molar refractivity (Wildman–Crippen MR) is 130 cm³/mol. The molecule has 0 amide bonds. The first-order valence-electron chi connectivity index (χ1n) is 11.4. The van der Waals surface area contributed by atoms with Gasteiger partial charge in [-0.05, 0) is 36.0 Å². The quantitative estimate of drug-likeness (QED) is 0.303. The highest BCUT2D eigenvalue weighted by Gasteiger charge is 2.38. The third-order valence-electron chi connectivity index (χ3n) is 6.25. The second kappa shape index (κ2) is 9.23. The molecule has 0 radical (unpaired) electrons. The Morgan fingerprint density at radius 2 is 1.19 bits per heavy atom. The van der Waals surface area contributed by atoms with Crippen molar-refractivity contribution in [2.24, 2.45) is 5.10 Å². The van der Waals surface area contributed by atoms with Crippen LogP contribution in [0.3, 0.4) is 0 Å². The molecular formula is C28H28N4. The smallest absolute Gasteiger partial charge is 0.121 e. The third-order valence-corrected chi connectivity index (χ3v) is 6.25. The van der Waals surface area contributed by atoms with Gasteiger partial charge in [0.25, 0.3) is 0 Å². The van der Waals surface area contributed by atoms with E-state index >= 15 is 0 Å². The van der Waals surface area contributed by atoms with Crippen molar-refractivity contribution >= 4 is 6.21 Å². The van der Waals surface area contributed by atoms with Gasteiger partial charge in [-0.15, -0.1) is 0 Å². The molecule has 4 heteroatoms. The van der Waals surface area contributed by atoms with Gasteiger partial charge in [0.1, 0.15) is 11.2 Å². The second-order valence-electron chi connectivity index (χ2n) is 8.27. The topological polar surface area (TPSA) is 33.4 Å². The third kappa shape index (κ3) is 3.84. The fourth-order valence-electron chi connectivity index (χ4n) is 4.71. The van der Waals surface area contributed by atoms with Gasteiger partial charge in [-0.3, -0.25) is 5.01 Å². The summed E-state index contributed by atoms with van der Waals surface area (Å²) in [5.41, 5.74) is 3.90. The van der Waals surface area contributed by atoms with Crippen molar-refractivity contribution in [3.63, 3.8) is 0 Å². The first-order chi connectivity index (χ1) is 15.9. The van der Waals surface area contributed by atoms with Gasteiger partial charge in [0.15, 0.2) is 0 Å². The fraction of sp³-hybridized carbons (Fsp3) is 0.214. The molecule has 0 unspecified atom stereocenters. The molecule has 5 rings (SSSR count). The van der Waals surface area contributed by atoms with Crippen molar-refractivity contribution in [2.75, 3.05) is 13.1 Å². The molecule has 1 fully saturated rings. The highest BCUT2D eigenvalue weighted by atomic mass is 15.4. The summed E-state index contributed by atoms with van der Waals surface area (Å²) in [4.78, 5) is 4.73. The average Bonchev–Trinajstić information content (AvgIpc) is 3.35. The first kappa shape index (κ1) is 20.3. The van der Waals surface area contributed by atoms with Crippen molar-refractivity contribution < 1.29 is 0 Å². The number of nitrogens with zero attached hydrogens (tertiary/aromatic N) is 4. The molecule has 0 bridgehead atoms. The molecule has 3 aromatic carbocycles. The minimum atomic E-state index is -0.534. The number of piperidine rings is 1. The number of hydrogen-bond acceptors (Lipinski definition) is 3. The van der Waals surface area contributed by atoms with Crippen LogP contribution in [0.15, 0.2) is 109 Å². The molecule has 4 aromatic rings. The fourth-order valence-corrected chi connectivity index (χ4v) is 4.71. The van der Waals surface area contributed by atoms with Crippen LogP contribution in [0.1, 0.15) is 41.6 Å². The standard InChI is InChI=1S/C28H28N4/c1-5-13-24(14-6-1)28(25-15-7-2-8-16-25,26-17-9-3-10-18-26)31-22-27(29-23-31)21-30-32-19-11-4-12-20-32/h1-3,5-10,13-18,21-23H,4,11-12,19-20H2. The summed E-state index contributed by atoms with van der Waals surface area (Å²) >= 11 is 0. The van der Waals surface area contributed by atoms with Crippen molar-refractivity contribution in [2.45, 2.75) is 24.8 Å². The van der Waals surface area contributed by atoms with Crippen LogP contribution in [0.25, 0.3) is 0 Å². The number of hydrazone groups is 1. The summed E-state index contributed by atoms with van der Waals surface area (Å²) in [6.45, 7) is 2.05. The Bertz CT molecular complexity index is 1050. The van der Waals surface area contributed by atoms with Crippen LogP contribution in [0, 0.1) is 0 Å². The second-order valence-corrected chi connectivity index (χ2v) is 8.27. The summed E-state index contributed by atoms with van der Waals surface area (Å²) < 4.78 is 2.23. The van der Waals surface area contributed by atoms with Gasteiger partial charge >= 0.3 is 0 Å². The summed E-state index contributed by atoms with van der Waals surface area (Å²) in [6, 6.07) is 32.0. The molecule has 0 atom stereocenters. The first-order valence-corrected chi connectivity index (χ1v) is 11.4. The van der Waals surface area contributed by atoms with Crippen molar-refractivity contribution in [3.8, 4) is 0 Å². The lowest BCUT2D eigenvalue weighted by Gasteiger charge is -2.37. The predicted octanol–water partition coefficient (Wildman–Crippen LogP) is 5.54. The number of aromatic nitrogens is 2. The van der Waals surface area contributed by atoms with Gasteiger partial charge in [-0.25, -0.2) is 4.98 Å². The molecule has 1 saturated heterocycles. The Labute approximate surface area is 189 Å². The van der Waals surface area contributed by atoms with Crippen molar-refractivity contribution in [1.82, 2.24) is 14.6 Å². The maximum Gasteiger partial charge on any atom is 0.121 e. The monoisotopic (exact) mass is 420 g/mol. The van der Waals surface area contributed by atoms with E-state index in [1.807, 2.05) is 12.5 Å². The SMILES string of the molecule is C(=NN1CCCCC1)c1cn(C(c2ccccc2)(c2ccccc2)c2ccccc2)cn1. The molecule has 32 heavy (non-hydrogen) atoms. The van der Waals surface area contributed by atoms with Crippen molar-refractivity contribution in [3.05, 3.63) is 126 Å². The molecule has 1 aromatic heterocycles. The molecule has 0 N–H and O–H groups in total. The summed E-state index contributed by atoms with van der Waals surface area (Å²) in [7, 11) is 0. The van der Waals surface area contributed by atoms with E-state index in [-0.39, 0.29) is 0 Å². The lowest BCUT2D eigenvalue weighted by Crippen LogP contribution is -2.36. The van der Waals surface area contributed by atoms with Gasteiger partial charge in [-0.2, -0.15) is 5.10 Å². The maximum atomic E-state index is 4.73. The van der Waals surface area contributed by atoms with Crippen LogP contribution in [0.5, 0.6) is 0 Å². The van der Waals surface area contributed by atoms with Gasteiger partial charge < -0.3 is 4.57 Å². The van der Waals surface area contributed by atoms with E-state index in [9.17, 15) is 0 Å². The Balaban J connectivity index is 1.65. The van der Waals surface area contributed by atoms with Crippen LogP contribution in [0.2, 0.25) is 0 Å². The largest absolute Gasteiger partial charge is 0.318 e. The lowest BCUT2D eigenvalue weighted by molar-refractivity contribution is 0.240. The number of hydrogen-bond donors (Lipinski definition) is 0. The van der Waals surface area contributed by atoms with Crippen LogP contribution in [0.4, 0.5) is 0 Å². The normalized spacial score (nSPS) is 14.7. The van der Waals surface area contributed by atoms with Crippen molar-refractivity contribution in [1.29, 1.82) is 0 Å². The Morgan fingerprint density at radius 3 is 1.69 bits per heavy atom. The van der Waals surface area contributed by atoms with Gasteiger partial charge in [0.2, 0.25) is 0 Å². The van der Waals surface area contributed by atoms with E-state index in [0.717, 1.165) is 18.8 Å². The number of rotatable bonds is 6. The molecule has 0 spiro atoms. The minimum absolute atomic E-state index is 0.534. The zero-order valence-electron chi connectivity index (χ0n) is 18.2. The highest BCUT2D eigenvalue weighted by Crippen LogP contribution is 2.40. The molecule has 1 aliphatic rings. The van der Waals surface area contributed by atoms with E-state index in [4.69, 9.17) is 10.1 Å². The zero-order valence-corrected chi connectivity index (χ0v) is 18.2. The molecule has 160 valence electrons. The van der Waals surface area contributed by atoms with E-state index in [1.165, 1.54) is 36.0 Å². The number of benzene rings is 3. The Hall–Kier alpha value is -3.66. The van der Waals surface area contributed by atoms with Crippen LogP contribution in [-0.4, -0.2) is 33.9 Å². The molecule has 1 aliphatic heterocycles. The molecular weight excluding hydrogens is 392 g/mol. The van der Waals surface area contributed by atoms with Gasteiger partial charge in [-0.1, -0.05) is 91.0 Å². The van der Waals surface area contributed by atoms with E-state index in [2.05, 4.69) is 107 Å². The van der Waals surface area contributed by atoms with Crippen LogP contribution < -0.4 is 0 Å². The van der Waals surface area contributed by atoms with E-state index in [0.29, 0.717) is 0 Å². The summed E-state index contributed by atoms with van der Waals surface area (Å²) in [5.74, 6) is 0. The Morgan fingerprint density at radius 1 is 0.688 bits per heavy atom. The van der Waals surface area contributed by atoms with Crippen LogP contribution >= 0.6 is 0 Å². The summed E-state index contributed by atoms with van der Waals surface area (Å²) in [5, 5.41) is 6.85. The number of imidazole rings is 1. The molecule has 0 saturated carbocycles. The van der Waals surface area contributed by atoms with Gasteiger partial charge in [0.05, 0.1) is 12.5 Å². The van der Waals surface area contributed by atoms with Crippen LogP contribution in [-0.2, 0) is 5.54 Å².